The van der Waals surface area contributed by atoms with Crippen molar-refractivity contribution in [2.24, 2.45) is 0 Å². The molecule has 0 heterocycles. The van der Waals surface area contributed by atoms with Crippen molar-refractivity contribution in [3.8, 4) is 0 Å². The molecule has 1 radical (unpaired) electrons. The van der Waals surface area contributed by atoms with Crippen molar-refractivity contribution in [3.05, 3.63) is 0 Å². The summed E-state index contributed by atoms with van der Waals surface area (Å²) < 4.78 is 2.56. The van der Waals surface area contributed by atoms with Crippen molar-refractivity contribution in [1.29, 1.82) is 0 Å². The Labute approximate surface area is 45.9 Å². The van der Waals surface area contributed by atoms with Crippen molar-refractivity contribution in [3.63, 3.8) is 0 Å². The van der Waals surface area contributed by atoms with E-state index in [2.05, 4.69) is 4.67 Å². The number of hydrogen-bond acceptors (Lipinski definition) is 4. The predicted octanol–water partition coefficient (Wildman–Crippen LogP) is -2.14. The molecular formula is HCoO4P. The van der Waals surface area contributed by atoms with Gasteiger partial charge in [-0.05, 0) is 0 Å². The van der Waals surface area contributed by atoms with Gasteiger partial charge in [-0.1, -0.05) is 0 Å². The third-order valence-electron chi connectivity index (χ3n) is 0.0638. The van der Waals surface area contributed by atoms with Gasteiger partial charge < -0.3 is 19.7 Å². The standard InChI is InChI=1S/Co.H2O4P/c;1-4-5(2)3/h;1-2H/q+2;-1/p-1. The van der Waals surface area contributed by atoms with E-state index in [4.69, 9.17) is 15.0 Å². The minimum atomic E-state index is -2.90. The van der Waals surface area contributed by atoms with Crippen LogP contribution in [0.2, 0.25) is 0 Å². The van der Waals surface area contributed by atoms with Gasteiger partial charge in [0, 0.05) is 0 Å². The summed E-state index contributed by atoms with van der Waals surface area (Å²) in [4.78, 5) is 16.3. The van der Waals surface area contributed by atoms with E-state index in [-0.39, 0.29) is 16.8 Å². The molecule has 0 saturated carbocycles. The maximum Gasteiger partial charge on any atom is 2.00 e. The van der Waals surface area contributed by atoms with Crippen LogP contribution >= 0.6 is 8.60 Å². The summed E-state index contributed by atoms with van der Waals surface area (Å²) in [6, 6.07) is 0. The minimum Gasteiger partial charge on any atom is -0.787 e. The van der Waals surface area contributed by atoms with Crippen LogP contribution in [0, 0.1) is 0 Å². The molecule has 1 unspecified atom stereocenters. The Morgan fingerprint density at radius 2 is 1.83 bits per heavy atom. The van der Waals surface area contributed by atoms with Gasteiger partial charge in [0.1, 0.15) is 0 Å². The zero-order valence-corrected chi connectivity index (χ0v) is 4.39. The molecule has 0 amide bonds. The van der Waals surface area contributed by atoms with Crippen molar-refractivity contribution in [2.45, 2.75) is 0 Å². The van der Waals surface area contributed by atoms with Crippen LogP contribution in [-0.2, 0) is 21.5 Å². The SMILES string of the molecule is [Co+2].[O-]OP([O-])O. The summed E-state index contributed by atoms with van der Waals surface area (Å²) in [6.45, 7) is 0. The zero-order valence-electron chi connectivity index (χ0n) is 2.45. The van der Waals surface area contributed by atoms with Gasteiger partial charge in [0.2, 0.25) is 0 Å². The van der Waals surface area contributed by atoms with E-state index < -0.39 is 8.60 Å². The van der Waals surface area contributed by atoms with Gasteiger partial charge in [-0.2, -0.15) is 0 Å². The summed E-state index contributed by atoms with van der Waals surface area (Å²) in [5.41, 5.74) is 0. The fraction of sp³-hybridized carbons (Fsp3) is 0. The molecule has 0 rings (SSSR count). The van der Waals surface area contributed by atoms with E-state index in [1.165, 1.54) is 0 Å². The smallest absolute Gasteiger partial charge is 0.787 e. The van der Waals surface area contributed by atoms with Gasteiger partial charge in [-0.3, -0.25) is 0 Å². The second kappa shape index (κ2) is 5.78. The Bertz CT molecular complexity index is 21.5. The molecule has 0 spiro atoms. The summed E-state index contributed by atoms with van der Waals surface area (Å²) in [5, 5.41) is 8.60. The molecule has 0 fully saturated rings. The van der Waals surface area contributed by atoms with Gasteiger partial charge in [0.15, 0.2) is 0 Å². The quantitative estimate of drug-likeness (QED) is 0.266. The summed E-state index contributed by atoms with van der Waals surface area (Å²) in [6.07, 6.45) is 0. The number of rotatable bonds is 1. The third-order valence-corrected chi connectivity index (χ3v) is 0.191. The molecule has 6 heavy (non-hydrogen) atoms. The number of hydrogen-bond donors (Lipinski definition) is 1. The normalized spacial score (nSPS) is 12.5. The molecular weight excluding hydrogens is 154 g/mol. The molecule has 0 bridgehead atoms. The first-order chi connectivity index (χ1) is 2.27. The van der Waals surface area contributed by atoms with Crippen LogP contribution in [0.15, 0.2) is 0 Å². The molecule has 0 aromatic carbocycles. The van der Waals surface area contributed by atoms with Crippen LogP contribution in [-0.4, -0.2) is 4.89 Å². The van der Waals surface area contributed by atoms with Crippen LogP contribution in [0.1, 0.15) is 0 Å². The Morgan fingerprint density at radius 1 is 1.67 bits per heavy atom. The fourth-order valence-corrected chi connectivity index (χ4v) is 0. The van der Waals surface area contributed by atoms with Crippen LogP contribution in [0.3, 0.4) is 0 Å². The van der Waals surface area contributed by atoms with Crippen molar-refractivity contribution < 1.29 is 36.5 Å². The average Bonchev–Trinajstić information content (AvgIpc) is 1.38. The van der Waals surface area contributed by atoms with E-state index >= 15 is 0 Å². The molecule has 0 aliphatic rings. The van der Waals surface area contributed by atoms with E-state index in [0.717, 1.165) is 0 Å². The molecule has 0 aliphatic heterocycles. The van der Waals surface area contributed by atoms with Gasteiger partial charge in [-0.15, -0.1) is 0 Å². The second-order valence-electron chi connectivity index (χ2n) is 0.312. The molecule has 1 atom stereocenters. The molecule has 1 N–H and O–H groups in total. The average molecular weight is 155 g/mol. The Kier molecular flexibility index (Phi) is 9.54. The molecule has 0 aromatic heterocycles. The molecule has 4 nitrogen and oxygen atoms in total. The van der Waals surface area contributed by atoms with Crippen LogP contribution in [0.5, 0.6) is 0 Å². The summed E-state index contributed by atoms with van der Waals surface area (Å²) in [5.74, 6) is 0. The molecule has 6 heteroatoms. The van der Waals surface area contributed by atoms with Crippen LogP contribution in [0.4, 0.5) is 0 Å². The van der Waals surface area contributed by atoms with Crippen molar-refractivity contribution in [1.82, 2.24) is 0 Å². The topological polar surface area (TPSA) is 75.6 Å². The van der Waals surface area contributed by atoms with E-state index in [0.29, 0.717) is 0 Å². The molecule has 0 saturated heterocycles. The van der Waals surface area contributed by atoms with E-state index in [9.17, 15) is 0 Å². The Balaban J connectivity index is 0. The van der Waals surface area contributed by atoms with E-state index in [1.54, 1.807) is 0 Å². The van der Waals surface area contributed by atoms with Gasteiger partial charge in [0.25, 0.3) is 0 Å². The predicted molar refractivity (Wildman–Crippen MR) is 10.2 cm³/mol. The summed E-state index contributed by atoms with van der Waals surface area (Å²) in [7, 11) is -2.90. The maximum absolute atomic E-state index is 8.98. The first-order valence-corrected chi connectivity index (χ1v) is 1.86. The monoisotopic (exact) mass is 155 g/mol. The fourth-order valence-electron chi connectivity index (χ4n) is 0. The largest absolute Gasteiger partial charge is 2.00 e. The van der Waals surface area contributed by atoms with Gasteiger partial charge >= 0.3 is 16.8 Å². The first-order valence-electron chi connectivity index (χ1n) is 0.732. The molecule has 0 aliphatic carbocycles. The Morgan fingerprint density at radius 3 is 1.83 bits per heavy atom. The molecule has 0 aromatic rings. The maximum atomic E-state index is 8.98. The minimum absolute atomic E-state index is 0. The van der Waals surface area contributed by atoms with Crippen LogP contribution in [0.25, 0.3) is 0 Å². The van der Waals surface area contributed by atoms with Gasteiger partial charge in [0.05, 0.1) is 8.60 Å². The second-order valence-corrected chi connectivity index (χ2v) is 0.937. The summed E-state index contributed by atoms with van der Waals surface area (Å²) >= 11 is 0. The van der Waals surface area contributed by atoms with Gasteiger partial charge in [-0.25, -0.2) is 0 Å². The van der Waals surface area contributed by atoms with E-state index in [1.807, 2.05) is 0 Å². The zero-order chi connectivity index (χ0) is 4.28. The van der Waals surface area contributed by atoms with Crippen molar-refractivity contribution >= 4 is 8.60 Å². The Hall–Kier alpha value is 0.776. The van der Waals surface area contributed by atoms with Crippen LogP contribution < -0.4 is 10.2 Å². The first kappa shape index (κ1) is 9.91. The third kappa shape index (κ3) is 8.84. The molecule has 39 valence electrons. The van der Waals surface area contributed by atoms with Crippen molar-refractivity contribution in [2.75, 3.05) is 0 Å².